The van der Waals surface area contributed by atoms with Crippen molar-refractivity contribution >= 4 is 5.91 Å². The lowest BCUT2D eigenvalue weighted by Gasteiger charge is -2.39. The lowest BCUT2D eigenvalue weighted by Crippen LogP contribution is -2.54. The van der Waals surface area contributed by atoms with E-state index in [-0.39, 0.29) is 11.9 Å². The molecule has 0 bridgehead atoms. The second kappa shape index (κ2) is 6.56. The van der Waals surface area contributed by atoms with E-state index in [0.29, 0.717) is 12.6 Å². The summed E-state index contributed by atoms with van der Waals surface area (Å²) in [4.78, 5) is 12.3. The van der Waals surface area contributed by atoms with Crippen LogP contribution in [0.1, 0.15) is 51.3 Å². The number of hydrogen-bond acceptors (Lipinski definition) is 4. The summed E-state index contributed by atoms with van der Waals surface area (Å²) in [5, 5.41) is 14.5. The predicted octanol–water partition coefficient (Wildman–Crippen LogP) is 1.22. The first-order chi connectivity index (χ1) is 10.3. The molecule has 1 aliphatic carbocycles. The van der Waals surface area contributed by atoms with Gasteiger partial charge in [-0.1, -0.05) is 12.8 Å². The van der Waals surface area contributed by atoms with Crippen LogP contribution in [0.2, 0.25) is 0 Å². The molecule has 6 heteroatoms. The first kappa shape index (κ1) is 14.5. The Morgan fingerprint density at radius 3 is 3.10 bits per heavy atom. The van der Waals surface area contributed by atoms with Crippen molar-refractivity contribution in [3.05, 3.63) is 12.2 Å². The molecule has 1 saturated heterocycles. The van der Waals surface area contributed by atoms with Gasteiger partial charge in [0, 0.05) is 12.6 Å². The number of piperidine rings is 1. The van der Waals surface area contributed by atoms with Gasteiger partial charge in [-0.25, -0.2) is 0 Å². The molecule has 3 atom stereocenters. The molecule has 1 aromatic rings. The van der Waals surface area contributed by atoms with Crippen LogP contribution in [0.4, 0.5) is 0 Å². The minimum Gasteiger partial charge on any atom is -0.347 e. The zero-order valence-electron chi connectivity index (χ0n) is 12.7. The number of aromatic nitrogens is 3. The molecule has 1 aliphatic heterocycles. The molecule has 3 rings (SSSR count). The minimum absolute atomic E-state index is 0.0395. The van der Waals surface area contributed by atoms with Crippen LogP contribution in [0, 0.1) is 5.92 Å². The number of nitrogens with one attached hydrogen (secondary N) is 2. The van der Waals surface area contributed by atoms with E-state index >= 15 is 0 Å². The highest BCUT2D eigenvalue weighted by Gasteiger charge is 2.34. The molecule has 2 fully saturated rings. The van der Waals surface area contributed by atoms with Crippen LogP contribution in [0.3, 0.4) is 0 Å². The third kappa shape index (κ3) is 3.26. The molecule has 1 amide bonds. The normalized spacial score (nSPS) is 28.9. The van der Waals surface area contributed by atoms with Crippen LogP contribution in [-0.4, -0.2) is 32.8 Å². The summed E-state index contributed by atoms with van der Waals surface area (Å²) in [6, 6.07) is 0.505. The summed E-state index contributed by atoms with van der Waals surface area (Å²) in [6.45, 7) is 3.32. The summed E-state index contributed by atoms with van der Waals surface area (Å²) in [5.41, 5.74) is 0. The van der Waals surface area contributed by atoms with Gasteiger partial charge in [0.15, 0.2) is 5.82 Å². The SMILES string of the molecule is CCn1cnnc1CNC(=O)C1CCC2CCCCC2N1. The van der Waals surface area contributed by atoms with Crippen LogP contribution in [0.25, 0.3) is 0 Å². The Kier molecular flexibility index (Phi) is 4.53. The molecule has 21 heavy (non-hydrogen) atoms. The van der Waals surface area contributed by atoms with E-state index in [2.05, 4.69) is 20.8 Å². The predicted molar refractivity (Wildman–Crippen MR) is 79.4 cm³/mol. The summed E-state index contributed by atoms with van der Waals surface area (Å²) in [5.74, 6) is 1.70. The highest BCUT2D eigenvalue weighted by atomic mass is 16.2. The molecular weight excluding hydrogens is 266 g/mol. The molecule has 1 saturated carbocycles. The van der Waals surface area contributed by atoms with Crippen molar-refractivity contribution in [2.75, 3.05) is 0 Å². The third-order valence-corrected chi connectivity index (χ3v) is 4.92. The van der Waals surface area contributed by atoms with Crippen LogP contribution in [0.5, 0.6) is 0 Å². The minimum atomic E-state index is -0.0395. The Hall–Kier alpha value is -1.43. The van der Waals surface area contributed by atoms with Crippen molar-refractivity contribution in [3.63, 3.8) is 0 Å². The molecule has 2 N–H and O–H groups in total. The van der Waals surface area contributed by atoms with Gasteiger partial charge in [-0.2, -0.15) is 0 Å². The van der Waals surface area contributed by atoms with Gasteiger partial charge in [0.05, 0.1) is 12.6 Å². The van der Waals surface area contributed by atoms with Gasteiger partial charge >= 0.3 is 0 Å². The van der Waals surface area contributed by atoms with Gasteiger partial charge in [-0.05, 0) is 38.5 Å². The highest BCUT2D eigenvalue weighted by Crippen LogP contribution is 2.32. The Morgan fingerprint density at radius 1 is 1.38 bits per heavy atom. The van der Waals surface area contributed by atoms with Crippen molar-refractivity contribution in [3.8, 4) is 0 Å². The largest absolute Gasteiger partial charge is 0.347 e. The van der Waals surface area contributed by atoms with Crippen molar-refractivity contribution in [2.45, 2.75) is 70.6 Å². The quantitative estimate of drug-likeness (QED) is 0.875. The van der Waals surface area contributed by atoms with Crippen molar-refractivity contribution in [1.82, 2.24) is 25.4 Å². The molecule has 0 spiro atoms. The zero-order chi connectivity index (χ0) is 14.7. The maximum absolute atomic E-state index is 12.3. The maximum atomic E-state index is 12.3. The first-order valence-corrected chi connectivity index (χ1v) is 8.18. The van der Waals surface area contributed by atoms with E-state index in [1.54, 1.807) is 6.33 Å². The molecule has 1 aromatic heterocycles. The molecule has 0 radical (unpaired) electrons. The number of hydrogen-bond donors (Lipinski definition) is 2. The number of nitrogens with zero attached hydrogens (tertiary/aromatic N) is 3. The summed E-state index contributed by atoms with van der Waals surface area (Å²) >= 11 is 0. The second-order valence-corrected chi connectivity index (χ2v) is 6.20. The molecule has 0 aromatic carbocycles. The number of rotatable bonds is 4. The summed E-state index contributed by atoms with van der Waals surface area (Å²) in [6.07, 6.45) is 9.03. The standard InChI is InChI=1S/C15H25N5O/c1-2-20-10-17-19-14(20)9-16-15(21)13-8-7-11-5-3-4-6-12(11)18-13/h10-13,18H,2-9H2,1H3,(H,16,21). The zero-order valence-corrected chi connectivity index (χ0v) is 12.7. The van der Waals surface area contributed by atoms with Crippen LogP contribution < -0.4 is 10.6 Å². The summed E-state index contributed by atoms with van der Waals surface area (Å²) < 4.78 is 1.95. The highest BCUT2D eigenvalue weighted by molar-refractivity contribution is 5.81. The number of aryl methyl sites for hydroxylation is 1. The van der Waals surface area contributed by atoms with Crippen LogP contribution in [-0.2, 0) is 17.9 Å². The Bertz CT molecular complexity index is 486. The van der Waals surface area contributed by atoms with E-state index in [4.69, 9.17) is 0 Å². The van der Waals surface area contributed by atoms with Gasteiger partial charge in [0.1, 0.15) is 6.33 Å². The second-order valence-electron chi connectivity index (χ2n) is 6.20. The fourth-order valence-corrected chi connectivity index (χ4v) is 3.67. The smallest absolute Gasteiger partial charge is 0.237 e. The molecule has 2 aliphatic rings. The Balaban J connectivity index is 1.51. The maximum Gasteiger partial charge on any atom is 0.237 e. The Morgan fingerprint density at radius 2 is 2.24 bits per heavy atom. The van der Waals surface area contributed by atoms with Gasteiger partial charge in [0.2, 0.25) is 5.91 Å². The fourth-order valence-electron chi connectivity index (χ4n) is 3.67. The van der Waals surface area contributed by atoms with E-state index in [1.807, 2.05) is 11.5 Å². The van der Waals surface area contributed by atoms with Gasteiger partial charge in [-0.15, -0.1) is 10.2 Å². The average molecular weight is 291 g/mol. The van der Waals surface area contributed by atoms with E-state index in [9.17, 15) is 4.79 Å². The number of fused-ring (bicyclic) bond motifs is 1. The lowest BCUT2D eigenvalue weighted by atomic mass is 9.77. The summed E-state index contributed by atoms with van der Waals surface area (Å²) in [7, 11) is 0. The monoisotopic (exact) mass is 291 g/mol. The van der Waals surface area contributed by atoms with E-state index in [0.717, 1.165) is 24.7 Å². The van der Waals surface area contributed by atoms with Crippen LogP contribution >= 0.6 is 0 Å². The van der Waals surface area contributed by atoms with Crippen molar-refractivity contribution in [1.29, 1.82) is 0 Å². The van der Waals surface area contributed by atoms with E-state index < -0.39 is 0 Å². The fraction of sp³-hybridized carbons (Fsp3) is 0.800. The molecule has 6 nitrogen and oxygen atoms in total. The van der Waals surface area contributed by atoms with Crippen molar-refractivity contribution < 1.29 is 4.79 Å². The van der Waals surface area contributed by atoms with Gasteiger partial charge < -0.3 is 15.2 Å². The van der Waals surface area contributed by atoms with Gasteiger partial charge in [0.25, 0.3) is 0 Å². The average Bonchev–Trinajstić information content (AvgIpc) is 2.99. The Labute approximate surface area is 125 Å². The van der Waals surface area contributed by atoms with E-state index in [1.165, 1.54) is 32.1 Å². The number of amides is 1. The van der Waals surface area contributed by atoms with Crippen molar-refractivity contribution in [2.24, 2.45) is 5.92 Å². The molecular formula is C15H25N5O. The molecule has 2 heterocycles. The molecule has 3 unspecified atom stereocenters. The van der Waals surface area contributed by atoms with Gasteiger partial charge in [-0.3, -0.25) is 4.79 Å². The first-order valence-electron chi connectivity index (χ1n) is 8.18. The number of carbonyl (C=O) groups is 1. The third-order valence-electron chi connectivity index (χ3n) is 4.92. The topological polar surface area (TPSA) is 71.8 Å². The lowest BCUT2D eigenvalue weighted by molar-refractivity contribution is -0.124. The molecule has 116 valence electrons. The number of carbonyl (C=O) groups excluding carboxylic acids is 1. The van der Waals surface area contributed by atoms with Crippen LogP contribution in [0.15, 0.2) is 6.33 Å².